The summed E-state index contributed by atoms with van der Waals surface area (Å²) in [7, 11) is 0. The van der Waals surface area contributed by atoms with Gasteiger partial charge in [0.1, 0.15) is 11.8 Å². The normalized spacial score (nSPS) is 38.9. The maximum Gasteiger partial charge on any atom is 0.206 e. The molecule has 5 nitrogen and oxygen atoms in total. The molecule has 0 aromatic heterocycles. The molecule has 0 unspecified atom stereocenters. The van der Waals surface area contributed by atoms with Gasteiger partial charge in [-0.1, -0.05) is 12.5 Å². The van der Waals surface area contributed by atoms with Crippen LogP contribution in [0.4, 0.5) is 0 Å². The molecule has 5 heteroatoms. The Morgan fingerprint density at radius 2 is 2.00 bits per heavy atom. The smallest absolute Gasteiger partial charge is 0.206 e. The number of rotatable bonds is 2. The fourth-order valence-corrected chi connectivity index (χ4v) is 7.70. The molecule has 2 saturated heterocycles. The summed E-state index contributed by atoms with van der Waals surface area (Å²) in [5, 5.41) is 9.76. The molecule has 2 bridgehead atoms. The van der Waals surface area contributed by atoms with Crippen molar-refractivity contribution in [3.05, 3.63) is 28.8 Å². The van der Waals surface area contributed by atoms with Gasteiger partial charge in [-0.15, -0.1) is 0 Å². The van der Waals surface area contributed by atoms with Gasteiger partial charge in [0.25, 0.3) is 0 Å². The van der Waals surface area contributed by atoms with E-state index in [1.54, 1.807) is 0 Å². The van der Waals surface area contributed by atoms with Crippen LogP contribution < -0.4 is 4.74 Å². The van der Waals surface area contributed by atoms with Crippen molar-refractivity contribution in [2.45, 2.75) is 68.3 Å². The van der Waals surface area contributed by atoms with Gasteiger partial charge in [-0.3, -0.25) is 4.90 Å². The van der Waals surface area contributed by atoms with E-state index >= 15 is 0 Å². The molecule has 3 heterocycles. The Morgan fingerprint density at radius 3 is 2.76 bits per heavy atom. The van der Waals surface area contributed by atoms with Crippen molar-refractivity contribution in [2.75, 3.05) is 26.3 Å². The van der Waals surface area contributed by atoms with Crippen molar-refractivity contribution >= 4 is 0 Å². The first-order chi connectivity index (χ1) is 14.2. The number of benzene rings is 1. The number of nitrogens with zero attached hydrogens (tertiary/aromatic N) is 2. The van der Waals surface area contributed by atoms with E-state index in [1.165, 1.54) is 36.9 Å². The van der Waals surface area contributed by atoms with Crippen LogP contribution in [-0.2, 0) is 21.3 Å². The third-order valence-corrected chi connectivity index (χ3v) is 9.07. The van der Waals surface area contributed by atoms with Crippen molar-refractivity contribution in [2.24, 2.45) is 11.8 Å². The van der Waals surface area contributed by atoms with Crippen molar-refractivity contribution in [1.29, 1.82) is 5.26 Å². The van der Waals surface area contributed by atoms with E-state index in [2.05, 4.69) is 17.0 Å². The van der Waals surface area contributed by atoms with E-state index in [4.69, 9.17) is 14.2 Å². The Hall–Kier alpha value is -1.61. The lowest BCUT2D eigenvalue weighted by Crippen LogP contribution is -2.70. The molecular weight excluding hydrogens is 364 g/mol. The highest BCUT2D eigenvalue weighted by atomic mass is 16.8. The van der Waals surface area contributed by atoms with Crippen LogP contribution in [0.25, 0.3) is 0 Å². The monoisotopic (exact) mass is 392 g/mol. The largest absolute Gasteiger partial charge is 0.482 e. The molecule has 6 aliphatic rings. The molecule has 1 aromatic carbocycles. The standard InChI is InChI=1S/C24H28N2O3/c25-13-17-5-4-16-12-19-18-6-7-24(27-10-11-28-24)22-23(18,20(16)21(17)29-22)8-9-26(19)14-15-2-1-3-15/h4-5,15,18-19,22H,1-3,6-12,14H2/t18-,19+,22+,23-/m1/s1. The number of nitriles is 1. The summed E-state index contributed by atoms with van der Waals surface area (Å²) < 4.78 is 19.2. The van der Waals surface area contributed by atoms with Crippen LogP contribution in [0.5, 0.6) is 5.75 Å². The van der Waals surface area contributed by atoms with E-state index < -0.39 is 5.79 Å². The summed E-state index contributed by atoms with van der Waals surface area (Å²) in [5.74, 6) is 1.68. The number of hydrogen-bond acceptors (Lipinski definition) is 5. The zero-order valence-corrected chi connectivity index (χ0v) is 16.9. The summed E-state index contributed by atoms with van der Waals surface area (Å²) in [6.07, 6.45) is 8.32. The second kappa shape index (κ2) is 5.75. The summed E-state index contributed by atoms with van der Waals surface area (Å²) >= 11 is 0. The Kier molecular flexibility index (Phi) is 3.39. The first kappa shape index (κ1) is 17.1. The molecule has 0 N–H and O–H groups in total. The fraction of sp³-hybridized carbons (Fsp3) is 0.708. The lowest BCUT2D eigenvalue weighted by atomic mass is 9.50. The van der Waals surface area contributed by atoms with E-state index in [1.807, 2.05) is 6.07 Å². The molecule has 2 spiro atoms. The topological polar surface area (TPSA) is 54.7 Å². The predicted octanol–water partition coefficient (Wildman–Crippen LogP) is 3.14. The molecule has 29 heavy (non-hydrogen) atoms. The first-order valence-corrected chi connectivity index (χ1v) is 11.5. The highest BCUT2D eigenvalue weighted by Gasteiger charge is 2.71. The maximum atomic E-state index is 9.76. The summed E-state index contributed by atoms with van der Waals surface area (Å²) in [6.45, 7) is 3.68. The minimum absolute atomic E-state index is 0.0564. The van der Waals surface area contributed by atoms with Gasteiger partial charge in [0.05, 0.1) is 18.8 Å². The van der Waals surface area contributed by atoms with Crippen LogP contribution >= 0.6 is 0 Å². The van der Waals surface area contributed by atoms with Gasteiger partial charge in [0.2, 0.25) is 5.79 Å². The number of piperidine rings is 1. The van der Waals surface area contributed by atoms with Crippen molar-refractivity contribution < 1.29 is 14.2 Å². The third kappa shape index (κ3) is 2.01. The molecule has 7 rings (SSSR count). The van der Waals surface area contributed by atoms with Gasteiger partial charge in [-0.25, -0.2) is 0 Å². The van der Waals surface area contributed by atoms with Crippen LogP contribution in [0.15, 0.2) is 12.1 Å². The van der Waals surface area contributed by atoms with Crippen molar-refractivity contribution in [1.82, 2.24) is 4.90 Å². The second-order valence-corrected chi connectivity index (χ2v) is 10.1. The minimum atomic E-state index is -0.627. The molecule has 3 aliphatic heterocycles. The van der Waals surface area contributed by atoms with Gasteiger partial charge in [-0.05, 0) is 62.1 Å². The zero-order chi connectivity index (χ0) is 19.2. The van der Waals surface area contributed by atoms with Gasteiger partial charge < -0.3 is 14.2 Å². The number of ether oxygens (including phenoxy) is 3. The van der Waals surface area contributed by atoms with E-state index in [0.717, 1.165) is 43.9 Å². The Labute approximate surface area is 171 Å². The fourth-order valence-electron chi connectivity index (χ4n) is 7.70. The SMILES string of the molecule is N#Cc1ccc2c3c1O[C@@H]1C4(CC[C@@H]5[C@H](C2)N(CC2CCC2)CC[C@]351)OCCO4. The van der Waals surface area contributed by atoms with E-state index in [9.17, 15) is 5.26 Å². The average molecular weight is 392 g/mol. The first-order valence-electron chi connectivity index (χ1n) is 11.5. The van der Waals surface area contributed by atoms with Crippen LogP contribution in [0.3, 0.4) is 0 Å². The van der Waals surface area contributed by atoms with Crippen molar-refractivity contribution in [3.63, 3.8) is 0 Å². The average Bonchev–Trinajstić information content (AvgIpc) is 3.30. The number of fused-ring (bicyclic) bond motifs is 1. The van der Waals surface area contributed by atoms with E-state index in [0.29, 0.717) is 30.7 Å². The quantitative estimate of drug-likeness (QED) is 0.774. The van der Waals surface area contributed by atoms with Crippen LogP contribution in [0.2, 0.25) is 0 Å². The molecule has 152 valence electrons. The van der Waals surface area contributed by atoms with E-state index in [-0.39, 0.29) is 11.5 Å². The third-order valence-electron chi connectivity index (χ3n) is 9.07. The van der Waals surface area contributed by atoms with Gasteiger partial charge in [-0.2, -0.15) is 5.26 Å². The minimum Gasteiger partial charge on any atom is -0.482 e. The highest BCUT2D eigenvalue weighted by molar-refractivity contribution is 5.61. The highest BCUT2D eigenvalue weighted by Crippen LogP contribution is 2.65. The molecule has 1 aromatic rings. The molecule has 3 aliphatic carbocycles. The molecule has 2 saturated carbocycles. The lowest BCUT2D eigenvalue weighted by Gasteiger charge is -2.61. The predicted molar refractivity (Wildman–Crippen MR) is 106 cm³/mol. The number of likely N-dealkylation sites (tertiary alicyclic amines) is 1. The van der Waals surface area contributed by atoms with Gasteiger partial charge in [0, 0.05) is 30.0 Å². The Balaban J connectivity index is 1.38. The summed E-state index contributed by atoms with van der Waals surface area (Å²) in [4.78, 5) is 2.81. The Bertz CT molecular complexity index is 913. The second-order valence-electron chi connectivity index (χ2n) is 10.1. The van der Waals surface area contributed by atoms with Crippen LogP contribution in [0.1, 0.15) is 55.2 Å². The van der Waals surface area contributed by atoms with Gasteiger partial charge in [0.15, 0.2) is 6.10 Å². The van der Waals surface area contributed by atoms with Gasteiger partial charge >= 0.3 is 0 Å². The van der Waals surface area contributed by atoms with Crippen LogP contribution in [-0.4, -0.2) is 49.1 Å². The lowest BCUT2D eigenvalue weighted by molar-refractivity contribution is -0.261. The van der Waals surface area contributed by atoms with Crippen molar-refractivity contribution in [3.8, 4) is 11.8 Å². The summed E-state index contributed by atoms with van der Waals surface area (Å²) in [6, 6.07) is 7.15. The molecule has 4 atom stereocenters. The molecule has 0 radical (unpaired) electrons. The van der Waals surface area contributed by atoms with Crippen LogP contribution in [0, 0.1) is 23.2 Å². The summed E-state index contributed by atoms with van der Waals surface area (Å²) in [5.41, 5.74) is 3.36. The Morgan fingerprint density at radius 1 is 1.14 bits per heavy atom. The maximum absolute atomic E-state index is 9.76. The molecular formula is C24H28N2O3. The molecule has 0 amide bonds. The zero-order valence-electron chi connectivity index (χ0n) is 16.9. The number of hydrogen-bond donors (Lipinski definition) is 0. The molecule has 4 fully saturated rings.